The minimum absolute atomic E-state index is 0.104. The number of carbonyl (C=O) groups excluding carboxylic acids is 4. The highest BCUT2D eigenvalue weighted by molar-refractivity contribution is 7.47. The van der Waals surface area contributed by atoms with E-state index in [2.05, 4.69) is 55.4 Å². The van der Waals surface area contributed by atoms with Crippen molar-refractivity contribution >= 4 is 39.5 Å². The number of esters is 4. The average molecular weight is 1370 g/mol. The molecule has 0 radical (unpaired) electrons. The molecule has 0 fully saturated rings. The molecular weight excluding hydrogens is 1220 g/mol. The lowest BCUT2D eigenvalue weighted by Crippen LogP contribution is -2.30. The molecule has 0 aliphatic rings. The Morgan fingerprint density at radius 1 is 0.301 bits per heavy atom. The molecule has 0 aromatic heterocycles. The van der Waals surface area contributed by atoms with Gasteiger partial charge in [-0.1, -0.05) is 319 Å². The largest absolute Gasteiger partial charge is 0.472 e. The summed E-state index contributed by atoms with van der Waals surface area (Å²) in [5.74, 6) is 0.896. The molecule has 0 amide bonds. The maximum atomic E-state index is 13.0. The van der Waals surface area contributed by atoms with Gasteiger partial charge in [0.15, 0.2) is 12.2 Å². The van der Waals surface area contributed by atoms with Gasteiger partial charge in [0.25, 0.3) is 0 Å². The number of unbranched alkanes of at least 4 members (excludes halogenated alkanes) is 36. The highest BCUT2D eigenvalue weighted by atomic mass is 31.2. The highest BCUT2D eigenvalue weighted by Gasteiger charge is 2.30. The molecule has 17 nitrogen and oxygen atoms in total. The van der Waals surface area contributed by atoms with Crippen LogP contribution in [0.2, 0.25) is 0 Å². The van der Waals surface area contributed by atoms with Gasteiger partial charge in [-0.05, 0) is 49.4 Å². The molecular formula is C74H144O17P2. The summed E-state index contributed by atoms with van der Waals surface area (Å²) in [7, 11) is -9.91. The van der Waals surface area contributed by atoms with Gasteiger partial charge in [-0.2, -0.15) is 0 Å². The number of hydrogen-bond donors (Lipinski definition) is 3. The summed E-state index contributed by atoms with van der Waals surface area (Å²) >= 11 is 0. The van der Waals surface area contributed by atoms with Crippen molar-refractivity contribution in [3.05, 3.63) is 0 Å². The number of ether oxygens (including phenoxy) is 4. The first-order chi connectivity index (χ1) is 44.6. The molecule has 6 atom stereocenters. The van der Waals surface area contributed by atoms with Crippen molar-refractivity contribution in [1.82, 2.24) is 0 Å². The zero-order chi connectivity index (χ0) is 68.9. The van der Waals surface area contributed by atoms with Crippen LogP contribution in [0, 0.1) is 23.7 Å². The Bertz CT molecular complexity index is 1840. The van der Waals surface area contributed by atoms with Crippen LogP contribution < -0.4 is 0 Å². The number of hydrogen-bond acceptors (Lipinski definition) is 15. The Morgan fingerprint density at radius 2 is 0.516 bits per heavy atom. The van der Waals surface area contributed by atoms with E-state index in [1.165, 1.54) is 167 Å². The van der Waals surface area contributed by atoms with Crippen LogP contribution in [0.1, 0.15) is 370 Å². The molecule has 19 heteroatoms. The predicted octanol–water partition coefficient (Wildman–Crippen LogP) is 21.3. The first kappa shape index (κ1) is 91.1. The lowest BCUT2D eigenvalue weighted by atomic mass is 9.99. The van der Waals surface area contributed by atoms with Gasteiger partial charge in [0.05, 0.1) is 26.4 Å². The van der Waals surface area contributed by atoms with Gasteiger partial charge in [-0.3, -0.25) is 37.3 Å². The Balaban J connectivity index is 5.22. The maximum Gasteiger partial charge on any atom is 0.472 e. The first-order valence-corrected chi connectivity index (χ1v) is 41.2. The fraction of sp³-hybridized carbons (Fsp3) is 0.946. The van der Waals surface area contributed by atoms with E-state index in [4.69, 9.17) is 37.0 Å². The van der Waals surface area contributed by atoms with Gasteiger partial charge in [-0.25, -0.2) is 9.13 Å². The van der Waals surface area contributed by atoms with E-state index >= 15 is 0 Å². The molecule has 0 rings (SSSR count). The van der Waals surface area contributed by atoms with Gasteiger partial charge in [0.2, 0.25) is 0 Å². The summed E-state index contributed by atoms with van der Waals surface area (Å²) in [5.41, 5.74) is 0. The third-order valence-electron chi connectivity index (χ3n) is 17.4. The summed E-state index contributed by atoms with van der Waals surface area (Å²) < 4.78 is 68.4. The van der Waals surface area contributed by atoms with Crippen LogP contribution >= 0.6 is 15.6 Å². The van der Waals surface area contributed by atoms with Gasteiger partial charge >= 0.3 is 39.5 Å². The summed E-state index contributed by atoms with van der Waals surface area (Å²) in [6, 6.07) is 0. The third-order valence-corrected chi connectivity index (χ3v) is 19.3. The summed E-state index contributed by atoms with van der Waals surface area (Å²) in [4.78, 5) is 72.7. The summed E-state index contributed by atoms with van der Waals surface area (Å²) in [5, 5.41) is 10.6. The van der Waals surface area contributed by atoms with Gasteiger partial charge in [0, 0.05) is 25.7 Å². The molecule has 0 saturated heterocycles. The van der Waals surface area contributed by atoms with E-state index in [1.807, 2.05) is 0 Å². The number of aliphatic hydroxyl groups is 1. The summed E-state index contributed by atoms with van der Waals surface area (Å²) in [6.45, 7) is 14.1. The standard InChI is InChI=1S/C74H144O17P2/c1-9-67(8)53-45-37-28-24-25-31-41-49-57-74(79)91-69(60-84-71(76)54-46-38-29-22-19-15-17-21-27-35-43-51-65(4)5)62-88-92(80,81)86-58-68(75)59-87-93(82,83)89-63-70(61-85-72(77)55-47-39-33-32-36-44-52-66(6)7)90-73(78)56-48-40-30-23-18-14-12-10-11-13-16-20-26-34-42-50-64(2)3/h64-70,75H,9-63H2,1-8H3,(H,80,81)(H,82,83)/t67?,68?,69-,70-/m1/s1. The highest BCUT2D eigenvalue weighted by Crippen LogP contribution is 2.45. The van der Waals surface area contributed by atoms with Crippen molar-refractivity contribution in [3.63, 3.8) is 0 Å². The van der Waals surface area contributed by atoms with Crippen LogP contribution in [0.4, 0.5) is 0 Å². The van der Waals surface area contributed by atoms with E-state index in [1.54, 1.807) is 0 Å². The Morgan fingerprint density at radius 3 is 0.763 bits per heavy atom. The Hall–Kier alpha value is -1.94. The SMILES string of the molecule is CCC(C)CCCCCCCCCCC(=O)O[C@H](COC(=O)CCCCCCCCCCCCCC(C)C)COP(=O)(O)OCC(O)COP(=O)(O)OC[C@@H](COC(=O)CCCCCCCCC(C)C)OC(=O)CCCCCCCCCCCCCCCCCC(C)C. The van der Waals surface area contributed by atoms with Crippen molar-refractivity contribution in [2.24, 2.45) is 23.7 Å². The minimum atomic E-state index is -4.95. The van der Waals surface area contributed by atoms with Gasteiger partial charge in [-0.15, -0.1) is 0 Å². The van der Waals surface area contributed by atoms with E-state index in [9.17, 15) is 43.2 Å². The number of rotatable bonds is 71. The van der Waals surface area contributed by atoms with Crippen LogP contribution in [0.3, 0.4) is 0 Å². The van der Waals surface area contributed by atoms with Crippen LogP contribution in [-0.2, 0) is 65.4 Å². The van der Waals surface area contributed by atoms with Crippen molar-refractivity contribution in [2.45, 2.75) is 388 Å². The van der Waals surface area contributed by atoms with E-state index in [-0.39, 0.29) is 25.7 Å². The van der Waals surface area contributed by atoms with Crippen LogP contribution in [0.25, 0.3) is 0 Å². The molecule has 0 aliphatic heterocycles. The second-order valence-corrected chi connectivity index (χ2v) is 31.3. The van der Waals surface area contributed by atoms with Crippen LogP contribution in [-0.4, -0.2) is 96.7 Å². The predicted molar refractivity (Wildman–Crippen MR) is 377 cm³/mol. The molecule has 552 valence electrons. The Labute approximate surface area is 568 Å². The zero-order valence-corrected chi connectivity index (χ0v) is 62.7. The lowest BCUT2D eigenvalue weighted by Gasteiger charge is -2.21. The molecule has 0 heterocycles. The normalized spacial score (nSPS) is 14.5. The molecule has 0 aromatic carbocycles. The van der Waals surface area contributed by atoms with Crippen molar-refractivity contribution < 1.29 is 80.2 Å². The summed E-state index contributed by atoms with van der Waals surface area (Å²) in [6.07, 6.45) is 47.3. The quantitative estimate of drug-likeness (QED) is 0.0222. The maximum absolute atomic E-state index is 13.0. The number of aliphatic hydroxyl groups excluding tert-OH is 1. The fourth-order valence-electron chi connectivity index (χ4n) is 11.2. The molecule has 4 unspecified atom stereocenters. The van der Waals surface area contributed by atoms with Crippen molar-refractivity contribution in [3.8, 4) is 0 Å². The first-order valence-electron chi connectivity index (χ1n) is 38.2. The van der Waals surface area contributed by atoms with E-state index in [0.29, 0.717) is 31.6 Å². The van der Waals surface area contributed by atoms with E-state index in [0.717, 1.165) is 114 Å². The second kappa shape index (κ2) is 63.5. The zero-order valence-electron chi connectivity index (χ0n) is 60.9. The topological polar surface area (TPSA) is 237 Å². The molecule has 3 N–H and O–H groups in total. The molecule has 0 saturated carbocycles. The average Bonchev–Trinajstić information content (AvgIpc) is 3.73. The lowest BCUT2D eigenvalue weighted by molar-refractivity contribution is -0.161. The molecule has 0 aliphatic carbocycles. The van der Waals surface area contributed by atoms with E-state index < -0.39 is 97.5 Å². The molecule has 0 bridgehead atoms. The number of phosphoric ester groups is 2. The fourth-order valence-corrected chi connectivity index (χ4v) is 12.7. The number of phosphoric acid groups is 2. The van der Waals surface area contributed by atoms with Crippen molar-refractivity contribution in [2.75, 3.05) is 39.6 Å². The molecule has 93 heavy (non-hydrogen) atoms. The van der Waals surface area contributed by atoms with Crippen LogP contribution in [0.15, 0.2) is 0 Å². The van der Waals surface area contributed by atoms with Crippen molar-refractivity contribution in [1.29, 1.82) is 0 Å². The monoisotopic (exact) mass is 1370 g/mol. The smallest absolute Gasteiger partial charge is 0.462 e. The third kappa shape index (κ3) is 67.0. The van der Waals surface area contributed by atoms with Gasteiger partial charge in [0.1, 0.15) is 19.3 Å². The minimum Gasteiger partial charge on any atom is -0.462 e. The molecule has 0 aromatic rings. The van der Waals surface area contributed by atoms with Crippen LogP contribution in [0.5, 0.6) is 0 Å². The second-order valence-electron chi connectivity index (χ2n) is 28.4. The Kier molecular flexibility index (Phi) is 62.2. The molecule has 0 spiro atoms. The van der Waals surface area contributed by atoms with Gasteiger partial charge < -0.3 is 33.8 Å². The number of carbonyl (C=O) groups is 4.